The van der Waals surface area contributed by atoms with Crippen molar-refractivity contribution in [3.8, 4) is 0 Å². The SMILES string of the molecule is Cc1ccc(C)c(CC(=O)N2CCC(=O)C(C)C2)c1. The lowest BCUT2D eigenvalue weighted by molar-refractivity contribution is -0.136. The van der Waals surface area contributed by atoms with Crippen molar-refractivity contribution in [3.05, 3.63) is 34.9 Å². The van der Waals surface area contributed by atoms with Gasteiger partial charge in [0.25, 0.3) is 0 Å². The fourth-order valence-electron chi connectivity index (χ4n) is 2.51. The van der Waals surface area contributed by atoms with E-state index in [1.54, 1.807) is 0 Å². The number of rotatable bonds is 2. The van der Waals surface area contributed by atoms with Crippen molar-refractivity contribution >= 4 is 11.7 Å². The molecule has 19 heavy (non-hydrogen) atoms. The van der Waals surface area contributed by atoms with E-state index in [0.29, 0.717) is 25.9 Å². The predicted molar refractivity (Wildman–Crippen MR) is 75.0 cm³/mol. The second-order valence-corrected chi connectivity index (χ2v) is 5.56. The molecule has 0 aliphatic carbocycles. The molecule has 2 rings (SSSR count). The molecule has 0 aromatic heterocycles. The van der Waals surface area contributed by atoms with Crippen LogP contribution in [0.25, 0.3) is 0 Å². The Morgan fingerprint density at radius 1 is 1.37 bits per heavy atom. The van der Waals surface area contributed by atoms with Crippen LogP contribution in [0.15, 0.2) is 18.2 Å². The van der Waals surface area contributed by atoms with E-state index >= 15 is 0 Å². The monoisotopic (exact) mass is 259 g/mol. The Labute approximate surface area is 114 Å². The van der Waals surface area contributed by atoms with Gasteiger partial charge in [-0.05, 0) is 25.0 Å². The summed E-state index contributed by atoms with van der Waals surface area (Å²) in [4.78, 5) is 25.6. The molecule has 1 aliphatic rings. The molecule has 1 aliphatic heterocycles. The van der Waals surface area contributed by atoms with Crippen LogP contribution in [0, 0.1) is 19.8 Å². The Balaban J connectivity index is 2.05. The maximum Gasteiger partial charge on any atom is 0.227 e. The quantitative estimate of drug-likeness (QED) is 0.817. The molecule has 0 spiro atoms. The lowest BCUT2D eigenvalue weighted by Crippen LogP contribution is -2.43. The summed E-state index contributed by atoms with van der Waals surface area (Å²) < 4.78 is 0. The second kappa shape index (κ2) is 5.55. The lowest BCUT2D eigenvalue weighted by atomic mass is 9.97. The van der Waals surface area contributed by atoms with Gasteiger partial charge < -0.3 is 4.90 Å². The Morgan fingerprint density at radius 2 is 2.11 bits per heavy atom. The molecule has 1 aromatic rings. The minimum atomic E-state index is -0.0173. The molecule has 1 amide bonds. The number of hydrogen-bond donors (Lipinski definition) is 0. The fourth-order valence-corrected chi connectivity index (χ4v) is 2.51. The molecular weight excluding hydrogens is 238 g/mol. The molecule has 0 bridgehead atoms. The largest absolute Gasteiger partial charge is 0.341 e. The van der Waals surface area contributed by atoms with Crippen molar-refractivity contribution in [3.63, 3.8) is 0 Å². The highest BCUT2D eigenvalue weighted by Crippen LogP contribution is 2.16. The summed E-state index contributed by atoms with van der Waals surface area (Å²) in [7, 11) is 0. The van der Waals surface area contributed by atoms with E-state index in [9.17, 15) is 9.59 Å². The van der Waals surface area contributed by atoms with Crippen LogP contribution in [0.4, 0.5) is 0 Å². The number of amides is 1. The molecule has 1 fully saturated rings. The number of carbonyl (C=O) groups excluding carboxylic acids is 2. The van der Waals surface area contributed by atoms with E-state index in [4.69, 9.17) is 0 Å². The highest BCUT2D eigenvalue weighted by Gasteiger charge is 2.26. The first-order valence-electron chi connectivity index (χ1n) is 6.84. The summed E-state index contributed by atoms with van der Waals surface area (Å²) >= 11 is 0. The number of carbonyl (C=O) groups is 2. The fraction of sp³-hybridized carbons (Fsp3) is 0.500. The van der Waals surface area contributed by atoms with Gasteiger partial charge in [0.2, 0.25) is 5.91 Å². The zero-order chi connectivity index (χ0) is 14.0. The molecule has 3 heteroatoms. The molecule has 0 radical (unpaired) electrons. The standard InChI is InChI=1S/C16H21NO2/c1-11-4-5-12(2)14(8-11)9-16(19)17-7-6-15(18)13(3)10-17/h4-5,8,13H,6-7,9-10H2,1-3H3. The smallest absolute Gasteiger partial charge is 0.227 e. The molecule has 0 N–H and O–H groups in total. The average molecular weight is 259 g/mol. The Morgan fingerprint density at radius 3 is 2.79 bits per heavy atom. The molecular formula is C16H21NO2. The van der Waals surface area contributed by atoms with Crippen LogP contribution in [0.3, 0.4) is 0 Å². The molecule has 0 saturated carbocycles. The summed E-state index contributed by atoms with van der Waals surface area (Å²) in [5, 5.41) is 0. The number of benzene rings is 1. The van der Waals surface area contributed by atoms with Crippen LogP contribution >= 0.6 is 0 Å². The Kier molecular flexibility index (Phi) is 4.03. The average Bonchev–Trinajstić information content (AvgIpc) is 2.37. The van der Waals surface area contributed by atoms with Crippen LogP contribution in [0.2, 0.25) is 0 Å². The minimum Gasteiger partial charge on any atom is -0.341 e. The summed E-state index contributed by atoms with van der Waals surface area (Å²) in [5.41, 5.74) is 3.42. The molecule has 1 heterocycles. The lowest BCUT2D eigenvalue weighted by Gasteiger charge is -2.30. The van der Waals surface area contributed by atoms with E-state index < -0.39 is 0 Å². The molecule has 1 atom stereocenters. The highest BCUT2D eigenvalue weighted by atomic mass is 16.2. The van der Waals surface area contributed by atoms with E-state index in [-0.39, 0.29) is 17.6 Å². The van der Waals surface area contributed by atoms with Gasteiger partial charge in [0.05, 0.1) is 6.42 Å². The first-order chi connectivity index (χ1) is 8.97. The number of nitrogens with zero attached hydrogens (tertiary/aromatic N) is 1. The van der Waals surface area contributed by atoms with Crippen molar-refractivity contribution in [1.29, 1.82) is 0 Å². The molecule has 1 aromatic carbocycles. The third kappa shape index (κ3) is 3.22. The van der Waals surface area contributed by atoms with E-state index in [0.717, 1.165) is 11.1 Å². The second-order valence-electron chi connectivity index (χ2n) is 5.56. The summed E-state index contributed by atoms with van der Waals surface area (Å²) in [5.74, 6) is 0.389. The normalized spacial score (nSPS) is 19.6. The van der Waals surface area contributed by atoms with Crippen LogP contribution in [0.5, 0.6) is 0 Å². The van der Waals surface area contributed by atoms with Gasteiger partial charge in [-0.25, -0.2) is 0 Å². The predicted octanol–water partition coefficient (Wildman–Crippen LogP) is 2.28. The molecule has 1 saturated heterocycles. The van der Waals surface area contributed by atoms with Crippen molar-refractivity contribution < 1.29 is 9.59 Å². The van der Waals surface area contributed by atoms with Gasteiger partial charge in [-0.1, -0.05) is 30.7 Å². The van der Waals surface area contributed by atoms with Crippen molar-refractivity contribution in [2.75, 3.05) is 13.1 Å². The third-order valence-electron chi connectivity index (χ3n) is 3.87. The number of Topliss-reactive ketones (excluding diaryl/α,β-unsaturated/α-hetero) is 1. The highest BCUT2D eigenvalue weighted by molar-refractivity contribution is 5.85. The van der Waals surface area contributed by atoms with Gasteiger partial charge >= 0.3 is 0 Å². The van der Waals surface area contributed by atoms with Crippen molar-refractivity contribution in [2.24, 2.45) is 5.92 Å². The zero-order valence-corrected chi connectivity index (χ0v) is 11.9. The van der Waals surface area contributed by atoms with E-state index in [1.165, 1.54) is 5.56 Å². The van der Waals surface area contributed by atoms with Crippen LogP contribution in [0.1, 0.15) is 30.0 Å². The first-order valence-corrected chi connectivity index (χ1v) is 6.84. The number of aryl methyl sites for hydroxylation is 2. The molecule has 102 valence electrons. The third-order valence-corrected chi connectivity index (χ3v) is 3.87. The summed E-state index contributed by atoms with van der Waals surface area (Å²) in [6.07, 6.45) is 0.939. The van der Waals surface area contributed by atoms with Crippen LogP contribution in [-0.2, 0) is 16.0 Å². The first kappa shape index (κ1) is 13.8. The molecule has 3 nitrogen and oxygen atoms in total. The van der Waals surface area contributed by atoms with Gasteiger partial charge in [-0.2, -0.15) is 0 Å². The number of likely N-dealkylation sites (tertiary alicyclic amines) is 1. The van der Waals surface area contributed by atoms with Gasteiger partial charge in [-0.15, -0.1) is 0 Å². The summed E-state index contributed by atoms with van der Waals surface area (Å²) in [6.45, 7) is 7.12. The Bertz CT molecular complexity index is 507. The maximum atomic E-state index is 12.3. The minimum absolute atomic E-state index is 0.0173. The van der Waals surface area contributed by atoms with E-state index in [1.807, 2.05) is 25.7 Å². The number of piperidine rings is 1. The number of hydrogen-bond acceptors (Lipinski definition) is 2. The Hall–Kier alpha value is -1.64. The van der Waals surface area contributed by atoms with Gasteiger partial charge in [0.1, 0.15) is 5.78 Å². The van der Waals surface area contributed by atoms with Gasteiger partial charge in [0.15, 0.2) is 0 Å². The van der Waals surface area contributed by atoms with Crippen LogP contribution in [-0.4, -0.2) is 29.7 Å². The van der Waals surface area contributed by atoms with Crippen molar-refractivity contribution in [2.45, 2.75) is 33.6 Å². The molecule has 1 unspecified atom stereocenters. The number of ketones is 1. The maximum absolute atomic E-state index is 12.3. The summed E-state index contributed by atoms with van der Waals surface area (Å²) in [6, 6.07) is 6.19. The van der Waals surface area contributed by atoms with Crippen LogP contribution < -0.4 is 0 Å². The van der Waals surface area contributed by atoms with E-state index in [2.05, 4.69) is 18.2 Å². The zero-order valence-electron chi connectivity index (χ0n) is 11.9. The van der Waals surface area contributed by atoms with Gasteiger partial charge in [0, 0.05) is 25.4 Å². The van der Waals surface area contributed by atoms with Gasteiger partial charge in [-0.3, -0.25) is 9.59 Å². The van der Waals surface area contributed by atoms with Crippen molar-refractivity contribution in [1.82, 2.24) is 4.90 Å². The topological polar surface area (TPSA) is 37.4 Å².